The van der Waals surface area contributed by atoms with Gasteiger partial charge in [-0.2, -0.15) is 0 Å². The summed E-state index contributed by atoms with van der Waals surface area (Å²) in [6.45, 7) is 8.22. The van der Waals surface area contributed by atoms with Crippen LogP contribution in [0, 0.1) is 0 Å². The van der Waals surface area contributed by atoms with E-state index in [9.17, 15) is 4.79 Å². The summed E-state index contributed by atoms with van der Waals surface area (Å²) in [5.41, 5.74) is 2.85. The molecular weight excluding hydrogens is 354 g/mol. The highest BCUT2D eigenvalue weighted by Crippen LogP contribution is 2.18. The first-order valence-electron chi connectivity index (χ1n) is 9.40. The third-order valence-electron chi connectivity index (χ3n) is 4.18. The van der Waals surface area contributed by atoms with E-state index in [1.54, 1.807) is 24.3 Å². The first kappa shape index (κ1) is 19.6. The maximum Gasteiger partial charge on any atom is 0.322 e. The number of anilines is 1. The highest BCUT2D eigenvalue weighted by atomic mass is 16.5. The van der Waals surface area contributed by atoms with Gasteiger partial charge in [-0.1, -0.05) is 43.2 Å². The van der Waals surface area contributed by atoms with Crippen LogP contribution in [-0.4, -0.2) is 22.2 Å². The fourth-order valence-electron chi connectivity index (χ4n) is 2.70. The molecule has 0 aliphatic carbocycles. The molecule has 0 saturated carbocycles. The molecule has 1 heterocycles. The SMILES string of the molecule is CC(C)Oc1ccc(C(=O)Nc2nnc(Cc3ccc(C(C)C)cc3)o2)cc1. The van der Waals surface area contributed by atoms with Gasteiger partial charge < -0.3 is 9.15 Å². The lowest BCUT2D eigenvalue weighted by molar-refractivity contribution is 0.102. The first-order valence-corrected chi connectivity index (χ1v) is 9.40. The van der Waals surface area contributed by atoms with Gasteiger partial charge in [-0.15, -0.1) is 5.10 Å². The molecule has 3 rings (SSSR count). The number of carbonyl (C=O) groups excluding carboxylic acids is 1. The molecule has 0 atom stereocenters. The highest BCUT2D eigenvalue weighted by Gasteiger charge is 2.12. The van der Waals surface area contributed by atoms with Gasteiger partial charge in [0.2, 0.25) is 5.89 Å². The van der Waals surface area contributed by atoms with E-state index in [0.717, 1.165) is 11.3 Å². The number of rotatable bonds is 7. The molecule has 1 N–H and O–H groups in total. The molecule has 6 heteroatoms. The molecule has 1 amide bonds. The van der Waals surface area contributed by atoms with Crippen molar-refractivity contribution in [2.75, 3.05) is 5.32 Å². The van der Waals surface area contributed by atoms with Crippen molar-refractivity contribution in [3.63, 3.8) is 0 Å². The lowest BCUT2D eigenvalue weighted by atomic mass is 10.0. The predicted molar refractivity (Wildman–Crippen MR) is 108 cm³/mol. The molecule has 2 aromatic carbocycles. The number of nitrogens with zero attached hydrogens (tertiary/aromatic N) is 2. The third kappa shape index (κ3) is 5.19. The van der Waals surface area contributed by atoms with Crippen LogP contribution in [0.1, 0.15) is 61.0 Å². The van der Waals surface area contributed by atoms with E-state index in [0.29, 0.717) is 23.8 Å². The van der Waals surface area contributed by atoms with Gasteiger partial charge in [-0.3, -0.25) is 10.1 Å². The summed E-state index contributed by atoms with van der Waals surface area (Å²) in [6.07, 6.45) is 0.598. The summed E-state index contributed by atoms with van der Waals surface area (Å²) in [5.74, 6) is 1.35. The lowest BCUT2D eigenvalue weighted by Crippen LogP contribution is -2.12. The van der Waals surface area contributed by atoms with Gasteiger partial charge in [0.25, 0.3) is 5.91 Å². The Morgan fingerprint density at radius 2 is 1.68 bits per heavy atom. The van der Waals surface area contributed by atoms with Gasteiger partial charge >= 0.3 is 6.01 Å². The topological polar surface area (TPSA) is 77.2 Å². The van der Waals surface area contributed by atoms with E-state index < -0.39 is 0 Å². The second-order valence-electron chi connectivity index (χ2n) is 7.22. The minimum Gasteiger partial charge on any atom is -0.491 e. The highest BCUT2D eigenvalue weighted by molar-refractivity contribution is 6.03. The molecule has 146 valence electrons. The van der Waals surface area contributed by atoms with Crippen molar-refractivity contribution in [3.8, 4) is 5.75 Å². The Bertz CT molecular complexity index is 913. The zero-order valence-electron chi connectivity index (χ0n) is 16.6. The van der Waals surface area contributed by atoms with E-state index in [-0.39, 0.29) is 18.0 Å². The number of nitrogens with one attached hydrogen (secondary N) is 1. The first-order chi connectivity index (χ1) is 13.4. The molecule has 0 saturated heterocycles. The second-order valence-corrected chi connectivity index (χ2v) is 7.22. The Kier molecular flexibility index (Phi) is 6.09. The van der Waals surface area contributed by atoms with E-state index >= 15 is 0 Å². The molecule has 0 unspecified atom stereocenters. The molecule has 1 aromatic heterocycles. The van der Waals surface area contributed by atoms with Crippen LogP contribution in [0.3, 0.4) is 0 Å². The van der Waals surface area contributed by atoms with E-state index in [1.807, 2.05) is 13.8 Å². The zero-order valence-corrected chi connectivity index (χ0v) is 16.6. The monoisotopic (exact) mass is 379 g/mol. The molecule has 0 aliphatic heterocycles. The molecule has 3 aromatic rings. The summed E-state index contributed by atoms with van der Waals surface area (Å²) < 4.78 is 11.1. The number of benzene rings is 2. The smallest absolute Gasteiger partial charge is 0.322 e. The average Bonchev–Trinajstić information content (AvgIpc) is 3.09. The van der Waals surface area contributed by atoms with Crippen LogP contribution in [0.25, 0.3) is 0 Å². The molecule has 0 bridgehead atoms. The number of hydrogen-bond donors (Lipinski definition) is 1. The minimum atomic E-state index is -0.312. The lowest BCUT2D eigenvalue weighted by Gasteiger charge is -2.09. The summed E-state index contributed by atoms with van der Waals surface area (Å²) >= 11 is 0. The van der Waals surface area contributed by atoms with Crippen LogP contribution in [0.2, 0.25) is 0 Å². The van der Waals surface area contributed by atoms with Gasteiger partial charge in [-0.25, -0.2) is 0 Å². The zero-order chi connectivity index (χ0) is 20.1. The number of hydrogen-bond acceptors (Lipinski definition) is 5. The van der Waals surface area contributed by atoms with Gasteiger partial charge in [-0.05, 0) is 55.2 Å². The minimum absolute atomic E-state index is 0.0815. The van der Waals surface area contributed by atoms with Crippen LogP contribution in [-0.2, 0) is 6.42 Å². The number of ether oxygens (including phenoxy) is 1. The second kappa shape index (κ2) is 8.69. The van der Waals surface area contributed by atoms with Crippen molar-refractivity contribution in [3.05, 3.63) is 71.1 Å². The number of carbonyl (C=O) groups is 1. The van der Waals surface area contributed by atoms with Crippen molar-refractivity contribution < 1.29 is 13.9 Å². The van der Waals surface area contributed by atoms with Crippen molar-refractivity contribution in [1.82, 2.24) is 10.2 Å². The van der Waals surface area contributed by atoms with Crippen LogP contribution in [0.5, 0.6) is 5.75 Å². The molecule has 0 radical (unpaired) electrons. The Labute approximate surface area is 164 Å². The van der Waals surface area contributed by atoms with Crippen LogP contribution in [0.4, 0.5) is 6.01 Å². The fourth-order valence-corrected chi connectivity index (χ4v) is 2.70. The summed E-state index contributed by atoms with van der Waals surface area (Å²) in [5, 5.41) is 10.5. The Balaban J connectivity index is 1.60. The normalized spacial score (nSPS) is 11.1. The largest absolute Gasteiger partial charge is 0.491 e. The molecule has 0 fully saturated rings. The fraction of sp³-hybridized carbons (Fsp3) is 0.318. The number of amides is 1. The Morgan fingerprint density at radius 3 is 2.29 bits per heavy atom. The van der Waals surface area contributed by atoms with E-state index in [2.05, 4.69) is 53.6 Å². The maximum atomic E-state index is 12.3. The molecular formula is C22H25N3O3. The van der Waals surface area contributed by atoms with E-state index in [1.165, 1.54) is 5.56 Å². The molecule has 0 spiro atoms. The Morgan fingerprint density at radius 1 is 1.00 bits per heavy atom. The van der Waals surface area contributed by atoms with Crippen molar-refractivity contribution in [1.29, 1.82) is 0 Å². The Hall–Kier alpha value is -3.15. The van der Waals surface area contributed by atoms with Gasteiger partial charge in [0, 0.05) is 5.56 Å². The summed E-state index contributed by atoms with van der Waals surface area (Å²) in [7, 11) is 0. The van der Waals surface area contributed by atoms with Crippen molar-refractivity contribution >= 4 is 11.9 Å². The maximum absolute atomic E-state index is 12.3. The van der Waals surface area contributed by atoms with Gasteiger partial charge in [0.05, 0.1) is 12.5 Å². The molecule has 6 nitrogen and oxygen atoms in total. The van der Waals surface area contributed by atoms with E-state index in [4.69, 9.17) is 9.15 Å². The number of aromatic nitrogens is 2. The van der Waals surface area contributed by atoms with Crippen LogP contribution in [0.15, 0.2) is 52.9 Å². The van der Waals surface area contributed by atoms with Gasteiger partial charge in [0.1, 0.15) is 5.75 Å². The predicted octanol–water partition coefficient (Wildman–Crippen LogP) is 4.82. The molecule has 0 aliphatic rings. The quantitative estimate of drug-likeness (QED) is 0.637. The van der Waals surface area contributed by atoms with Gasteiger partial charge in [0.15, 0.2) is 0 Å². The van der Waals surface area contributed by atoms with Crippen LogP contribution < -0.4 is 10.1 Å². The van der Waals surface area contributed by atoms with Crippen molar-refractivity contribution in [2.45, 2.75) is 46.1 Å². The summed E-state index contributed by atoms with van der Waals surface area (Å²) in [4.78, 5) is 12.3. The van der Waals surface area contributed by atoms with Crippen LogP contribution >= 0.6 is 0 Å². The standard InChI is InChI=1S/C22H25N3O3/c1-14(2)17-7-5-16(6-8-17)13-20-24-25-22(28-20)23-21(26)18-9-11-19(12-10-18)27-15(3)4/h5-12,14-15H,13H2,1-4H3,(H,23,25,26). The molecule has 28 heavy (non-hydrogen) atoms. The summed E-state index contributed by atoms with van der Waals surface area (Å²) in [6, 6.07) is 15.3. The third-order valence-corrected chi connectivity index (χ3v) is 4.18. The average molecular weight is 379 g/mol. The van der Waals surface area contributed by atoms with Crippen molar-refractivity contribution in [2.24, 2.45) is 0 Å².